The Kier molecular flexibility index (Phi) is 4.70. The van der Waals surface area contributed by atoms with Crippen LogP contribution in [0.5, 0.6) is 0 Å². The molecule has 0 saturated heterocycles. The third-order valence-electron chi connectivity index (χ3n) is 3.26. The lowest BCUT2D eigenvalue weighted by molar-refractivity contribution is -0.385. The Bertz CT molecular complexity index is 787. The number of hydrogen-bond donors (Lipinski definition) is 2. The van der Waals surface area contributed by atoms with Crippen LogP contribution >= 0.6 is 0 Å². The highest BCUT2D eigenvalue weighted by atomic mass is 16.6. The van der Waals surface area contributed by atoms with Gasteiger partial charge in [-0.05, 0) is 31.5 Å². The van der Waals surface area contributed by atoms with Gasteiger partial charge in [-0.25, -0.2) is 0 Å². The fraction of sp³-hybridized carbons (Fsp3) is 0.125. The maximum Gasteiger partial charge on any atom is 0.282 e. The molecular weight excluding hydrogens is 298 g/mol. The maximum atomic E-state index is 12.1. The first-order chi connectivity index (χ1) is 10.9. The van der Waals surface area contributed by atoms with Crippen LogP contribution in [-0.2, 0) is 0 Å². The number of hydrogen-bond acceptors (Lipinski definition) is 4. The molecule has 0 aliphatic carbocycles. The third-order valence-corrected chi connectivity index (χ3v) is 3.26. The quantitative estimate of drug-likeness (QED) is 0.670. The molecule has 2 aromatic carbocycles. The fourth-order valence-electron chi connectivity index (χ4n) is 2.14. The molecule has 0 aliphatic heterocycles. The first-order valence-corrected chi connectivity index (χ1v) is 6.81. The summed E-state index contributed by atoms with van der Waals surface area (Å²) in [5.74, 6) is -1.25. The minimum Gasteiger partial charge on any atom is -0.267 e. The topological polar surface area (TPSA) is 101 Å². The molecule has 0 spiro atoms. The number of para-hydroxylation sites is 1. The average Bonchev–Trinajstić information content (AvgIpc) is 2.52. The van der Waals surface area contributed by atoms with Crippen LogP contribution in [-0.4, -0.2) is 16.7 Å². The van der Waals surface area contributed by atoms with E-state index in [-0.39, 0.29) is 11.3 Å². The van der Waals surface area contributed by atoms with Crippen molar-refractivity contribution in [3.63, 3.8) is 0 Å². The van der Waals surface area contributed by atoms with Gasteiger partial charge in [0, 0.05) is 11.6 Å². The van der Waals surface area contributed by atoms with Gasteiger partial charge in [-0.2, -0.15) is 0 Å². The molecule has 0 radical (unpaired) electrons. The number of amides is 2. The predicted octanol–water partition coefficient (Wildman–Crippen LogP) is 2.29. The normalized spacial score (nSPS) is 10.0. The summed E-state index contributed by atoms with van der Waals surface area (Å²) in [4.78, 5) is 34.3. The molecule has 23 heavy (non-hydrogen) atoms. The van der Waals surface area contributed by atoms with Crippen molar-refractivity contribution in [2.24, 2.45) is 0 Å². The number of nitro benzene ring substituents is 1. The lowest BCUT2D eigenvalue weighted by atomic mass is 10.1. The van der Waals surface area contributed by atoms with Crippen molar-refractivity contribution in [3.8, 4) is 0 Å². The number of carbonyl (C=O) groups is 2. The summed E-state index contributed by atoms with van der Waals surface area (Å²) in [7, 11) is 0. The monoisotopic (exact) mass is 313 g/mol. The number of aryl methyl sites for hydroxylation is 2. The molecule has 2 rings (SSSR count). The molecule has 0 saturated carbocycles. The van der Waals surface area contributed by atoms with Gasteiger partial charge in [-0.3, -0.25) is 30.6 Å². The van der Waals surface area contributed by atoms with E-state index >= 15 is 0 Å². The van der Waals surface area contributed by atoms with Crippen molar-refractivity contribution in [1.82, 2.24) is 10.9 Å². The van der Waals surface area contributed by atoms with E-state index in [9.17, 15) is 19.7 Å². The Balaban J connectivity index is 2.10. The first kappa shape index (κ1) is 16.2. The molecule has 7 heteroatoms. The molecule has 0 bridgehead atoms. The van der Waals surface area contributed by atoms with E-state index < -0.39 is 16.7 Å². The predicted molar refractivity (Wildman–Crippen MR) is 83.9 cm³/mol. The number of nitrogens with zero attached hydrogens (tertiary/aromatic N) is 1. The van der Waals surface area contributed by atoms with E-state index in [0.29, 0.717) is 5.56 Å². The van der Waals surface area contributed by atoms with Gasteiger partial charge in [0.2, 0.25) is 0 Å². The summed E-state index contributed by atoms with van der Waals surface area (Å²) in [5, 5.41) is 10.9. The summed E-state index contributed by atoms with van der Waals surface area (Å²) in [5.41, 5.74) is 6.20. The van der Waals surface area contributed by atoms with Crippen molar-refractivity contribution in [2.45, 2.75) is 13.8 Å². The van der Waals surface area contributed by atoms with Crippen LogP contribution in [0.2, 0.25) is 0 Å². The number of nitrogens with one attached hydrogen (secondary N) is 2. The highest BCUT2D eigenvalue weighted by Crippen LogP contribution is 2.17. The Morgan fingerprint density at radius 1 is 0.957 bits per heavy atom. The summed E-state index contributed by atoms with van der Waals surface area (Å²) < 4.78 is 0. The van der Waals surface area contributed by atoms with Crippen molar-refractivity contribution in [1.29, 1.82) is 0 Å². The number of nitro groups is 1. The summed E-state index contributed by atoms with van der Waals surface area (Å²) in [6.45, 7) is 3.69. The molecule has 7 nitrogen and oxygen atoms in total. The highest BCUT2D eigenvalue weighted by molar-refractivity contribution is 6.01. The average molecular weight is 313 g/mol. The van der Waals surface area contributed by atoms with Crippen LogP contribution in [0.25, 0.3) is 0 Å². The van der Waals surface area contributed by atoms with Gasteiger partial charge in [-0.15, -0.1) is 0 Å². The summed E-state index contributed by atoms with van der Waals surface area (Å²) in [6.07, 6.45) is 0. The maximum absolute atomic E-state index is 12.1. The molecule has 0 aromatic heterocycles. The second kappa shape index (κ2) is 6.69. The smallest absolute Gasteiger partial charge is 0.267 e. The van der Waals surface area contributed by atoms with E-state index in [4.69, 9.17) is 0 Å². The van der Waals surface area contributed by atoms with Gasteiger partial charge in [0.1, 0.15) is 5.56 Å². The van der Waals surface area contributed by atoms with E-state index in [2.05, 4.69) is 10.9 Å². The number of benzene rings is 2. The highest BCUT2D eigenvalue weighted by Gasteiger charge is 2.19. The summed E-state index contributed by atoms with van der Waals surface area (Å²) in [6, 6.07) is 10.8. The van der Waals surface area contributed by atoms with Crippen molar-refractivity contribution in [2.75, 3.05) is 0 Å². The second-order valence-corrected chi connectivity index (χ2v) is 5.00. The van der Waals surface area contributed by atoms with Crippen LogP contribution in [0.1, 0.15) is 31.8 Å². The molecular formula is C16H15N3O4. The van der Waals surface area contributed by atoms with E-state index in [1.807, 2.05) is 13.0 Å². The number of hydrazine groups is 1. The van der Waals surface area contributed by atoms with Gasteiger partial charge in [0.15, 0.2) is 0 Å². The molecule has 0 unspecified atom stereocenters. The second-order valence-electron chi connectivity index (χ2n) is 5.00. The molecule has 2 N–H and O–H groups in total. The number of rotatable bonds is 3. The van der Waals surface area contributed by atoms with Crippen LogP contribution in [0.15, 0.2) is 42.5 Å². The molecule has 118 valence electrons. The van der Waals surface area contributed by atoms with E-state index in [1.54, 1.807) is 19.1 Å². The van der Waals surface area contributed by atoms with E-state index in [0.717, 1.165) is 11.1 Å². The Morgan fingerprint density at radius 2 is 1.57 bits per heavy atom. The molecule has 0 atom stereocenters. The molecule has 2 amide bonds. The van der Waals surface area contributed by atoms with Crippen LogP contribution < -0.4 is 10.9 Å². The Hall–Kier alpha value is -3.22. The van der Waals surface area contributed by atoms with Gasteiger partial charge in [-0.1, -0.05) is 29.8 Å². The number of carbonyl (C=O) groups excluding carboxylic acids is 2. The Labute approximate surface area is 132 Å². The minimum atomic E-state index is -0.754. The van der Waals surface area contributed by atoms with Gasteiger partial charge < -0.3 is 0 Å². The zero-order chi connectivity index (χ0) is 17.0. The minimum absolute atomic E-state index is 0.126. The van der Waals surface area contributed by atoms with Crippen LogP contribution in [0.4, 0.5) is 5.69 Å². The molecule has 0 fully saturated rings. The van der Waals surface area contributed by atoms with Gasteiger partial charge in [0.05, 0.1) is 4.92 Å². The summed E-state index contributed by atoms with van der Waals surface area (Å²) >= 11 is 0. The lowest BCUT2D eigenvalue weighted by Gasteiger charge is -2.10. The first-order valence-electron chi connectivity index (χ1n) is 6.81. The SMILES string of the molecule is Cc1ccc(C(=O)NNC(=O)c2ccccc2[N+](=O)[O-])c(C)c1. The molecule has 0 aliphatic rings. The van der Waals surface area contributed by atoms with Crippen molar-refractivity contribution < 1.29 is 14.5 Å². The molecule has 2 aromatic rings. The van der Waals surface area contributed by atoms with Crippen molar-refractivity contribution in [3.05, 3.63) is 74.8 Å². The van der Waals surface area contributed by atoms with Gasteiger partial charge >= 0.3 is 0 Å². The fourth-order valence-corrected chi connectivity index (χ4v) is 2.14. The van der Waals surface area contributed by atoms with E-state index in [1.165, 1.54) is 24.3 Å². The van der Waals surface area contributed by atoms with Crippen LogP contribution in [0.3, 0.4) is 0 Å². The largest absolute Gasteiger partial charge is 0.282 e. The zero-order valence-electron chi connectivity index (χ0n) is 12.6. The lowest BCUT2D eigenvalue weighted by Crippen LogP contribution is -2.42. The van der Waals surface area contributed by atoms with Gasteiger partial charge in [0.25, 0.3) is 17.5 Å². The third kappa shape index (κ3) is 3.70. The standard InChI is InChI=1S/C16H15N3O4/c1-10-7-8-12(11(2)9-10)15(20)17-18-16(21)13-5-3-4-6-14(13)19(22)23/h3-9H,1-2H3,(H,17,20)(H,18,21). The molecule has 0 heterocycles. The van der Waals surface area contributed by atoms with Crippen LogP contribution in [0, 0.1) is 24.0 Å². The zero-order valence-corrected chi connectivity index (χ0v) is 12.6. The Morgan fingerprint density at radius 3 is 2.17 bits per heavy atom. The van der Waals surface area contributed by atoms with Crippen molar-refractivity contribution >= 4 is 17.5 Å².